The van der Waals surface area contributed by atoms with Gasteiger partial charge in [-0.2, -0.15) is 0 Å². The summed E-state index contributed by atoms with van der Waals surface area (Å²) in [5, 5.41) is 19.9. The molecule has 1 fully saturated rings. The Kier molecular flexibility index (Phi) is 4.81. The second-order valence-electron chi connectivity index (χ2n) is 4.69. The minimum atomic E-state index is -0.709. The lowest BCUT2D eigenvalue weighted by atomic mass is 10.1. The number of benzene rings is 1. The van der Waals surface area contributed by atoms with Crippen LogP contribution in [0.5, 0.6) is 5.75 Å². The average molecular weight is 322 g/mol. The number of aromatic hydroxyl groups is 1. The van der Waals surface area contributed by atoms with Gasteiger partial charge in [0.2, 0.25) is 0 Å². The molecule has 0 saturated carbocycles. The Balaban J connectivity index is 2.27. The molecule has 2 rings (SSSR count). The molecule has 1 aromatic carbocycles. The Morgan fingerprint density at radius 3 is 2.77 bits per heavy atom. The van der Waals surface area contributed by atoms with Crippen molar-refractivity contribution in [2.45, 2.75) is 19.8 Å². The molecule has 1 aliphatic heterocycles. The normalized spacial score (nSPS) is 16.6. The summed E-state index contributed by atoms with van der Waals surface area (Å²) < 4.78 is 0. The van der Waals surface area contributed by atoms with Crippen LogP contribution in [0, 0.1) is 10.1 Å². The van der Waals surface area contributed by atoms with E-state index in [1.807, 2.05) is 6.92 Å². The molecule has 0 aliphatic carbocycles. The number of carbonyl (C=O) groups is 2. The van der Waals surface area contributed by atoms with E-state index in [0.29, 0.717) is 12.1 Å². The summed E-state index contributed by atoms with van der Waals surface area (Å²) in [4.78, 5) is 35.4. The smallest absolute Gasteiger partial charge is 0.311 e. The number of amides is 2. The monoisotopic (exact) mass is 322 g/mol. The van der Waals surface area contributed by atoms with Gasteiger partial charge in [0.05, 0.1) is 9.83 Å². The van der Waals surface area contributed by atoms with Gasteiger partial charge in [0.15, 0.2) is 5.75 Å². The first-order valence-electron chi connectivity index (χ1n) is 6.66. The molecule has 1 aromatic rings. The SMILES string of the molecule is CCCCN1C(=O)SC(=Cc2ccc(O)c([N+](=O)[O-])c2)C1=O. The molecule has 7 nitrogen and oxygen atoms in total. The summed E-state index contributed by atoms with van der Waals surface area (Å²) in [5.74, 6) is -0.836. The van der Waals surface area contributed by atoms with Crippen LogP contribution in [0.2, 0.25) is 0 Å². The summed E-state index contributed by atoms with van der Waals surface area (Å²) in [7, 11) is 0. The fourth-order valence-electron chi connectivity index (χ4n) is 1.94. The quantitative estimate of drug-likeness (QED) is 0.508. The van der Waals surface area contributed by atoms with Crippen LogP contribution in [0.15, 0.2) is 23.1 Å². The van der Waals surface area contributed by atoms with Gasteiger partial charge >= 0.3 is 5.69 Å². The number of nitro benzene ring substituents is 1. The lowest BCUT2D eigenvalue weighted by Gasteiger charge is -2.10. The maximum absolute atomic E-state index is 12.1. The Morgan fingerprint density at radius 1 is 1.41 bits per heavy atom. The Bertz CT molecular complexity index is 671. The van der Waals surface area contributed by atoms with Crippen LogP contribution < -0.4 is 0 Å². The van der Waals surface area contributed by atoms with E-state index in [1.54, 1.807) is 0 Å². The van der Waals surface area contributed by atoms with E-state index in [0.717, 1.165) is 30.7 Å². The number of nitrogens with zero attached hydrogens (tertiary/aromatic N) is 2. The van der Waals surface area contributed by atoms with Crippen LogP contribution in [0.4, 0.5) is 10.5 Å². The third kappa shape index (κ3) is 3.28. The molecule has 1 saturated heterocycles. The van der Waals surface area contributed by atoms with Gasteiger partial charge in [0.1, 0.15) is 0 Å². The fraction of sp³-hybridized carbons (Fsp3) is 0.286. The minimum absolute atomic E-state index is 0.223. The van der Waals surface area contributed by atoms with Crippen molar-refractivity contribution in [2.24, 2.45) is 0 Å². The van der Waals surface area contributed by atoms with E-state index in [2.05, 4.69) is 0 Å². The highest BCUT2D eigenvalue weighted by Crippen LogP contribution is 2.34. The number of carbonyl (C=O) groups excluding carboxylic acids is 2. The molecule has 1 heterocycles. The molecule has 116 valence electrons. The van der Waals surface area contributed by atoms with Gasteiger partial charge in [-0.3, -0.25) is 24.6 Å². The highest BCUT2D eigenvalue weighted by atomic mass is 32.2. The molecular weight excluding hydrogens is 308 g/mol. The molecule has 0 spiro atoms. The van der Waals surface area contributed by atoms with E-state index in [-0.39, 0.29) is 16.1 Å². The summed E-state index contributed by atoms with van der Waals surface area (Å²) in [6.45, 7) is 2.33. The van der Waals surface area contributed by atoms with Crippen LogP contribution in [0.3, 0.4) is 0 Å². The molecular formula is C14H14N2O5S. The second kappa shape index (κ2) is 6.61. The van der Waals surface area contributed by atoms with Gasteiger partial charge in [0.25, 0.3) is 11.1 Å². The van der Waals surface area contributed by atoms with E-state index in [9.17, 15) is 24.8 Å². The number of nitro groups is 1. The van der Waals surface area contributed by atoms with Crippen molar-refractivity contribution in [3.05, 3.63) is 38.8 Å². The van der Waals surface area contributed by atoms with Crippen LogP contribution in [-0.4, -0.2) is 32.6 Å². The lowest BCUT2D eigenvalue weighted by molar-refractivity contribution is -0.385. The van der Waals surface area contributed by atoms with Crippen molar-refractivity contribution in [3.63, 3.8) is 0 Å². The van der Waals surface area contributed by atoms with Gasteiger partial charge in [-0.25, -0.2) is 0 Å². The molecule has 0 radical (unpaired) electrons. The molecule has 1 aliphatic rings. The molecule has 2 amide bonds. The number of hydrogen-bond acceptors (Lipinski definition) is 6. The second-order valence-corrected chi connectivity index (χ2v) is 5.69. The summed E-state index contributed by atoms with van der Waals surface area (Å²) in [6, 6.07) is 3.79. The third-order valence-electron chi connectivity index (χ3n) is 3.10. The van der Waals surface area contributed by atoms with Gasteiger partial charge < -0.3 is 5.11 Å². The maximum atomic E-state index is 12.1. The van der Waals surface area contributed by atoms with Gasteiger partial charge in [-0.05, 0) is 35.9 Å². The molecule has 0 atom stereocenters. The predicted molar refractivity (Wildman–Crippen MR) is 82.3 cm³/mol. The van der Waals surface area contributed by atoms with Crippen LogP contribution in [-0.2, 0) is 4.79 Å². The number of rotatable bonds is 5. The van der Waals surface area contributed by atoms with Gasteiger partial charge in [-0.1, -0.05) is 19.4 Å². The Labute approximate surface area is 130 Å². The zero-order valence-corrected chi connectivity index (χ0v) is 12.6. The average Bonchev–Trinajstić information content (AvgIpc) is 2.73. The van der Waals surface area contributed by atoms with Gasteiger partial charge in [-0.15, -0.1) is 0 Å². The predicted octanol–water partition coefficient (Wildman–Crippen LogP) is 3.14. The van der Waals surface area contributed by atoms with E-state index in [1.165, 1.54) is 23.1 Å². The fourth-order valence-corrected chi connectivity index (χ4v) is 2.80. The zero-order valence-electron chi connectivity index (χ0n) is 11.8. The van der Waals surface area contributed by atoms with Crippen molar-refractivity contribution in [3.8, 4) is 5.75 Å². The first-order valence-corrected chi connectivity index (χ1v) is 7.48. The van der Waals surface area contributed by atoms with E-state index >= 15 is 0 Å². The number of imide groups is 1. The third-order valence-corrected chi connectivity index (χ3v) is 4.01. The van der Waals surface area contributed by atoms with Crippen molar-refractivity contribution < 1.29 is 19.6 Å². The molecule has 22 heavy (non-hydrogen) atoms. The van der Waals surface area contributed by atoms with Crippen LogP contribution in [0.25, 0.3) is 6.08 Å². The standard InChI is InChI=1S/C14H14N2O5S/c1-2-3-6-15-13(18)12(22-14(15)19)8-9-4-5-11(17)10(7-9)16(20)21/h4-5,7-8,17H,2-3,6H2,1H3. The number of phenolic OH excluding ortho intramolecular Hbond substituents is 1. The number of phenols is 1. The van der Waals surface area contributed by atoms with E-state index < -0.39 is 16.4 Å². The number of hydrogen-bond donors (Lipinski definition) is 1. The lowest BCUT2D eigenvalue weighted by Crippen LogP contribution is -2.29. The minimum Gasteiger partial charge on any atom is -0.502 e. The van der Waals surface area contributed by atoms with Gasteiger partial charge in [0, 0.05) is 12.6 Å². The molecule has 8 heteroatoms. The van der Waals surface area contributed by atoms with Crippen molar-refractivity contribution >= 4 is 34.7 Å². The zero-order chi connectivity index (χ0) is 16.3. The summed E-state index contributed by atoms with van der Waals surface area (Å²) in [6.07, 6.45) is 3.02. The van der Waals surface area contributed by atoms with E-state index in [4.69, 9.17) is 0 Å². The van der Waals surface area contributed by atoms with Crippen LogP contribution >= 0.6 is 11.8 Å². The number of thioether (sulfide) groups is 1. The molecule has 0 bridgehead atoms. The molecule has 0 aromatic heterocycles. The topological polar surface area (TPSA) is 101 Å². The highest BCUT2D eigenvalue weighted by molar-refractivity contribution is 8.18. The van der Waals surface area contributed by atoms with Crippen molar-refractivity contribution in [1.29, 1.82) is 0 Å². The maximum Gasteiger partial charge on any atom is 0.311 e. The largest absolute Gasteiger partial charge is 0.502 e. The molecule has 1 N–H and O–H groups in total. The first-order chi connectivity index (χ1) is 10.4. The Morgan fingerprint density at radius 2 is 2.14 bits per heavy atom. The van der Waals surface area contributed by atoms with Crippen molar-refractivity contribution in [2.75, 3.05) is 6.54 Å². The first kappa shape index (κ1) is 16.0. The van der Waals surface area contributed by atoms with Crippen LogP contribution in [0.1, 0.15) is 25.3 Å². The summed E-state index contributed by atoms with van der Waals surface area (Å²) >= 11 is 0.812. The highest BCUT2D eigenvalue weighted by Gasteiger charge is 2.34. The van der Waals surface area contributed by atoms with Crippen molar-refractivity contribution in [1.82, 2.24) is 4.90 Å². The summed E-state index contributed by atoms with van der Waals surface area (Å²) in [5.41, 5.74) is -0.0653. The molecule has 0 unspecified atom stereocenters. The number of unbranched alkanes of at least 4 members (excludes halogenated alkanes) is 1. The Hall–Kier alpha value is -2.35.